The number of nitrogens with zero attached hydrogens (tertiary/aromatic N) is 5. The maximum atomic E-state index is 13.6. The fraction of sp³-hybridized carbons (Fsp3) is 0.500. The molecule has 29 heavy (non-hydrogen) atoms. The van der Waals surface area contributed by atoms with Crippen molar-refractivity contribution in [2.75, 3.05) is 5.32 Å². The van der Waals surface area contributed by atoms with E-state index in [-0.39, 0.29) is 17.4 Å². The number of hydrogen-bond acceptors (Lipinski definition) is 4. The van der Waals surface area contributed by atoms with E-state index in [1.54, 1.807) is 16.8 Å². The maximum absolute atomic E-state index is 13.6. The summed E-state index contributed by atoms with van der Waals surface area (Å²) in [5, 5.41) is 10.8. The Morgan fingerprint density at radius 2 is 2.00 bits per heavy atom. The van der Waals surface area contributed by atoms with Gasteiger partial charge in [0, 0.05) is 12.4 Å². The van der Waals surface area contributed by atoms with Gasteiger partial charge in [-0.2, -0.15) is 10.2 Å². The van der Waals surface area contributed by atoms with Crippen molar-refractivity contribution in [2.45, 2.75) is 52.0 Å². The summed E-state index contributed by atoms with van der Waals surface area (Å²) in [5.74, 6) is 0.735. The molecule has 4 rings (SSSR count). The second-order valence-corrected chi connectivity index (χ2v) is 7.91. The molecular weight excluding hydrogens is 378 g/mol. The van der Waals surface area contributed by atoms with Crippen LogP contribution in [0.25, 0.3) is 5.65 Å². The molecule has 0 saturated heterocycles. The molecule has 1 N–H and O–H groups in total. The average Bonchev–Trinajstić information content (AvgIpc) is 3.32. The highest BCUT2D eigenvalue weighted by atomic mass is 19.3. The van der Waals surface area contributed by atoms with Gasteiger partial charge in [0.1, 0.15) is 0 Å². The molecule has 7 nitrogen and oxygen atoms in total. The number of nitrogens with one attached hydrogen (secondary N) is 1. The van der Waals surface area contributed by atoms with Gasteiger partial charge in [-0.3, -0.25) is 9.48 Å². The SMILES string of the molecule is CC(C)C1CCC(n2cc(NC(=O)c3cnc4cccnn34)c(C(F)F)n2)CC1. The Kier molecular flexibility index (Phi) is 5.29. The third-order valence-corrected chi connectivity index (χ3v) is 5.78. The van der Waals surface area contributed by atoms with Crippen LogP contribution in [0.15, 0.2) is 30.7 Å². The molecule has 1 aliphatic rings. The molecule has 3 aromatic rings. The molecule has 1 fully saturated rings. The number of carbonyl (C=O) groups excluding carboxylic acids is 1. The number of rotatable bonds is 5. The second kappa shape index (κ2) is 7.88. The van der Waals surface area contributed by atoms with Gasteiger partial charge in [-0.05, 0) is 49.7 Å². The van der Waals surface area contributed by atoms with E-state index in [9.17, 15) is 13.6 Å². The Labute approximate surface area is 167 Å². The highest BCUT2D eigenvalue weighted by molar-refractivity contribution is 6.03. The lowest BCUT2D eigenvalue weighted by molar-refractivity contribution is 0.101. The topological polar surface area (TPSA) is 77.1 Å². The Morgan fingerprint density at radius 3 is 2.69 bits per heavy atom. The standard InChI is InChI=1S/C20H24F2N6O/c1-12(2)13-5-7-14(8-6-13)27-11-15(18(26-27)19(21)22)25-20(29)16-10-23-17-4-3-9-24-28(16)17/h3-4,9-14,19H,5-8H2,1-2H3,(H,25,29). The smallest absolute Gasteiger partial charge is 0.284 e. The molecule has 0 bridgehead atoms. The Hall–Kier alpha value is -2.84. The van der Waals surface area contributed by atoms with Gasteiger partial charge in [0.15, 0.2) is 17.0 Å². The van der Waals surface area contributed by atoms with E-state index in [0.29, 0.717) is 17.5 Å². The van der Waals surface area contributed by atoms with Crippen LogP contribution in [0.1, 0.15) is 68.2 Å². The van der Waals surface area contributed by atoms with Crippen LogP contribution >= 0.6 is 0 Å². The zero-order valence-corrected chi connectivity index (χ0v) is 16.4. The van der Waals surface area contributed by atoms with Gasteiger partial charge in [-0.1, -0.05) is 13.8 Å². The van der Waals surface area contributed by atoms with E-state index < -0.39 is 18.0 Å². The first kappa shape index (κ1) is 19.5. The molecule has 9 heteroatoms. The van der Waals surface area contributed by atoms with E-state index in [2.05, 4.69) is 34.3 Å². The lowest BCUT2D eigenvalue weighted by atomic mass is 9.80. The second-order valence-electron chi connectivity index (χ2n) is 7.91. The molecule has 3 heterocycles. The highest BCUT2D eigenvalue weighted by Gasteiger charge is 2.28. The van der Waals surface area contributed by atoms with Crippen molar-refractivity contribution in [3.8, 4) is 0 Å². The van der Waals surface area contributed by atoms with Gasteiger partial charge in [0.05, 0.1) is 17.9 Å². The van der Waals surface area contributed by atoms with Crippen molar-refractivity contribution < 1.29 is 13.6 Å². The van der Waals surface area contributed by atoms with Crippen LogP contribution in [-0.2, 0) is 0 Å². The number of anilines is 1. The summed E-state index contributed by atoms with van der Waals surface area (Å²) < 4.78 is 30.1. The largest absolute Gasteiger partial charge is 0.317 e. The van der Waals surface area contributed by atoms with E-state index in [4.69, 9.17) is 0 Å². The summed E-state index contributed by atoms with van der Waals surface area (Å²) in [6.07, 6.45) is 5.56. The monoisotopic (exact) mass is 402 g/mol. The summed E-state index contributed by atoms with van der Waals surface area (Å²) in [6, 6.07) is 3.49. The van der Waals surface area contributed by atoms with Crippen LogP contribution in [0.3, 0.4) is 0 Å². The first-order valence-corrected chi connectivity index (χ1v) is 9.91. The fourth-order valence-corrected chi connectivity index (χ4v) is 4.05. The molecule has 3 aromatic heterocycles. The van der Waals surface area contributed by atoms with Crippen molar-refractivity contribution in [1.82, 2.24) is 24.4 Å². The first-order chi connectivity index (χ1) is 13.9. The lowest BCUT2D eigenvalue weighted by Crippen LogP contribution is -2.21. The minimum absolute atomic E-state index is 0.0295. The molecule has 0 unspecified atom stereocenters. The predicted octanol–water partition coefficient (Wildman–Crippen LogP) is 4.50. The number of fused-ring (bicyclic) bond motifs is 1. The van der Waals surface area contributed by atoms with E-state index >= 15 is 0 Å². The van der Waals surface area contributed by atoms with E-state index in [1.165, 1.54) is 23.1 Å². The van der Waals surface area contributed by atoms with Crippen molar-refractivity contribution in [3.05, 3.63) is 42.1 Å². The summed E-state index contributed by atoms with van der Waals surface area (Å²) in [6.45, 7) is 4.44. The zero-order valence-electron chi connectivity index (χ0n) is 16.4. The molecule has 0 atom stereocenters. The number of alkyl halides is 2. The Morgan fingerprint density at radius 1 is 1.24 bits per heavy atom. The number of amides is 1. The molecular formula is C20H24F2N6O. The quantitative estimate of drug-likeness (QED) is 0.682. The minimum atomic E-state index is -2.78. The molecule has 0 aliphatic heterocycles. The summed E-state index contributed by atoms with van der Waals surface area (Å²) >= 11 is 0. The number of halogens is 2. The van der Waals surface area contributed by atoms with Crippen LogP contribution < -0.4 is 5.32 Å². The van der Waals surface area contributed by atoms with E-state index in [0.717, 1.165) is 25.7 Å². The van der Waals surface area contributed by atoms with Crippen molar-refractivity contribution in [1.29, 1.82) is 0 Å². The molecule has 0 aromatic carbocycles. The van der Waals surface area contributed by atoms with Crippen LogP contribution in [0.4, 0.5) is 14.5 Å². The third-order valence-electron chi connectivity index (χ3n) is 5.78. The van der Waals surface area contributed by atoms with E-state index in [1.807, 2.05) is 0 Å². The van der Waals surface area contributed by atoms with Crippen molar-refractivity contribution >= 4 is 17.2 Å². The van der Waals surface area contributed by atoms with Crippen LogP contribution in [-0.4, -0.2) is 30.3 Å². The fourth-order valence-electron chi connectivity index (χ4n) is 4.05. The molecule has 0 spiro atoms. The zero-order chi connectivity index (χ0) is 20.5. The summed E-state index contributed by atoms with van der Waals surface area (Å²) in [4.78, 5) is 16.8. The van der Waals surface area contributed by atoms with Gasteiger partial charge in [0.2, 0.25) is 0 Å². The number of aromatic nitrogens is 5. The predicted molar refractivity (Wildman–Crippen MR) is 104 cm³/mol. The normalized spacial score (nSPS) is 19.9. The lowest BCUT2D eigenvalue weighted by Gasteiger charge is -2.30. The van der Waals surface area contributed by atoms with Crippen molar-refractivity contribution in [3.63, 3.8) is 0 Å². The van der Waals surface area contributed by atoms with Gasteiger partial charge in [-0.25, -0.2) is 18.3 Å². The van der Waals surface area contributed by atoms with Crippen LogP contribution in [0.5, 0.6) is 0 Å². The van der Waals surface area contributed by atoms with Crippen LogP contribution in [0.2, 0.25) is 0 Å². The number of carbonyl (C=O) groups is 1. The van der Waals surface area contributed by atoms with Gasteiger partial charge < -0.3 is 5.32 Å². The Bertz CT molecular complexity index is 1000. The Balaban J connectivity index is 1.55. The first-order valence-electron chi connectivity index (χ1n) is 9.91. The molecule has 1 amide bonds. The molecule has 1 saturated carbocycles. The summed E-state index contributed by atoms with van der Waals surface area (Å²) in [7, 11) is 0. The highest BCUT2D eigenvalue weighted by Crippen LogP contribution is 2.37. The van der Waals surface area contributed by atoms with Gasteiger partial charge in [0.25, 0.3) is 12.3 Å². The summed E-state index contributed by atoms with van der Waals surface area (Å²) in [5.41, 5.74) is 0.295. The minimum Gasteiger partial charge on any atom is -0.317 e. The average molecular weight is 402 g/mol. The number of hydrogen-bond donors (Lipinski definition) is 1. The molecule has 154 valence electrons. The molecule has 1 aliphatic carbocycles. The molecule has 0 radical (unpaired) electrons. The van der Waals surface area contributed by atoms with Crippen LogP contribution in [0, 0.1) is 11.8 Å². The van der Waals surface area contributed by atoms with Gasteiger partial charge >= 0.3 is 0 Å². The third kappa shape index (κ3) is 3.86. The maximum Gasteiger partial charge on any atom is 0.284 e. The number of imidazole rings is 1. The van der Waals surface area contributed by atoms with Gasteiger partial charge in [-0.15, -0.1) is 0 Å². The van der Waals surface area contributed by atoms with Crippen molar-refractivity contribution in [2.24, 2.45) is 11.8 Å².